The van der Waals surface area contributed by atoms with Gasteiger partial charge in [0.15, 0.2) is 0 Å². The van der Waals surface area contributed by atoms with E-state index in [1.807, 2.05) is 11.3 Å². The van der Waals surface area contributed by atoms with Crippen LogP contribution in [0.4, 0.5) is 5.69 Å². The van der Waals surface area contributed by atoms with Crippen LogP contribution in [0, 0.1) is 13.8 Å². The summed E-state index contributed by atoms with van der Waals surface area (Å²) in [4.78, 5) is 5.24. The number of hydrogen-bond acceptors (Lipinski definition) is 3. The third-order valence-electron chi connectivity index (χ3n) is 4.06. The third-order valence-corrected chi connectivity index (χ3v) is 5.16. The quantitative estimate of drug-likeness (QED) is 0.858. The number of hydrogen-bond donors (Lipinski definition) is 1. The summed E-state index contributed by atoms with van der Waals surface area (Å²) in [7, 11) is 2.17. The molecule has 1 fully saturated rings. The van der Waals surface area contributed by atoms with E-state index in [-0.39, 0.29) is 0 Å². The van der Waals surface area contributed by atoms with Gasteiger partial charge in [-0.05, 0) is 56.0 Å². The molecule has 112 valence electrons. The van der Waals surface area contributed by atoms with Crippen molar-refractivity contribution in [3.8, 4) is 0 Å². The maximum absolute atomic E-state index is 3.60. The van der Waals surface area contributed by atoms with Gasteiger partial charge in [-0.3, -0.25) is 0 Å². The van der Waals surface area contributed by atoms with E-state index in [0.29, 0.717) is 0 Å². The predicted molar refractivity (Wildman–Crippen MR) is 92.2 cm³/mol. The monoisotopic (exact) mass is 300 g/mol. The first-order chi connectivity index (χ1) is 10.1. The summed E-state index contributed by atoms with van der Waals surface area (Å²) in [6.07, 6.45) is 2.71. The number of anilines is 1. The molecule has 0 amide bonds. The largest absolute Gasteiger partial charge is 0.370 e. The van der Waals surface area contributed by atoms with Crippen molar-refractivity contribution in [2.24, 2.45) is 0 Å². The first-order valence-electron chi connectivity index (χ1n) is 7.71. The van der Waals surface area contributed by atoms with Gasteiger partial charge in [0.2, 0.25) is 0 Å². The third kappa shape index (κ3) is 3.86. The van der Waals surface area contributed by atoms with Crippen molar-refractivity contribution in [2.45, 2.75) is 45.8 Å². The van der Waals surface area contributed by atoms with E-state index in [9.17, 15) is 0 Å². The van der Waals surface area contributed by atoms with Crippen LogP contribution >= 0.6 is 11.3 Å². The van der Waals surface area contributed by atoms with Gasteiger partial charge in [-0.25, -0.2) is 0 Å². The maximum Gasteiger partial charge on any atom is 0.0437 e. The lowest BCUT2D eigenvalue weighted by Gasteiger charge is -2.19. The van der Waals surface area contributed by atoms with Crippen molar-refractivity contribution >= 4 is 17.0 Å². The van der Waals surface area contributed by atoms with Crippen molar-refractivity contribution in [1.82, 2.24) is 5.32 Å². The highest BCUT2D eigenvalue weighted by Gasteiger charge is 2.20. The maximum atomic E-state index is 3.60. The van der Waals surface area contributed by atoms with Crippen LogP contribution in [0.25, 0.3) is 0 Å². The zero-order valence-electron chi connectivity index (χ0n) is 13.1. The van der Waals surface area contributed by atoms with E-state index in [1.54, 1.807) is 0 Å². The fraction of sp³-hybridized carbons (Fsp3) is 0.444. The highest BCUT2D eigenvalue weighted by molar-refractivity contribution is 7.12. The van der Waals surface area contributed by atoms with Gasteiger partial charge in [-0.2, -0.15) is 0 Å². The summed E-state index contributed by atoms with van der Waals surface area (Å²) in [5, 5.41) is 3.60. The number of nitrogens with zero attached hydrogens (tertiary/aromatic N) is 1. The molecule has 0 spiro atoms. The molecular weight excluding hydrogens is 276 g/mol. The molecule has 2 aromatic rings. The van der Waals surface area contributed by atoms with E-state index in [2.05, 4.69) is 61.4 Å². The molecule has 1 aliphatic carbocycles. The summed E-state index contributed by atoms with van der Waals surface area (Å²) in [6.45, 7) is 6.40. The van der Waals surface area contributed by atoms with Gasteiger partial charge in [-0.15, -0.1) is 11.3 Å². The molecule has 1 aromatic carbocycles. The van der Waals surface area contributed by atoms with E-state index < -0.39 is 0 Å². The smallest absolute Gasteiger partial charge is 0.0437 e. The minimum atomic E-state index is 0.783. The zero-order chi connectivity index (χ0) is 14.8. The molecule has 3 rings (SSSR count). The molecule has 0 aliphatic heterocycles. The van der Waals surface area contributed by atoms with E-state index in [4.69, 9.17) is 0 Å². The van der Waals surface area contributed by atoms with Crippen LogP contribution in [-0.2, 0) is 13.1 Å². The Balaban J connectivity index is 1.65. The fourth-order valence-corrected chi connectivity index (χ4v) is 3.58. The van der Waals surface area contributed by atoms with Gasteiger partial charge >= 0.3 is 0 Å². The van der Waals surface area contributed by atoms with Crippen LogP contribution in [-0.4, -0.2) is 13.1 Å². The van der Waals surface area contributed by atoms with Crippen molar-refractivity contribution in [3.63, 3.8) is 0 Å². The fourth-order valence-electron chi connectivity index (χ4n) is 2.58. The Labute approximate surface area is 131 Å². The van der Waals surface area contributed by atoms with Gasteiger partial charge in [0.1, 0.15) is 0 Å². The molecule has 1 saturated carbocycles. The van der Waals surface area contributed by atoms with Crippen LogP contribution in [0.1, 0.15) is 33.7 Å². The van der Waals surface area contributed by atoms with Crippen LogP contribution < -0.4 is 10.2 Å². The first kappa shape index (κ1) is 14.6. The van der Waals surface area contributed by atoms with Gasteiger partial charge in [0, 0.05) is 41.6 Å². The highest BCUT2D eigenvalue weighted by atomic mass is 32.1. The summed E-state index contributed by atoms with van der Waals surface area (Å²) in [5.41, 5.74) is 4.06. The van der Waals surface area contributed by atoms with Crippen LogP contribution in [0.2, 0.25) is 0 Å². The molecule has 1 heterocycles. The molecular formula is C18H24N2S. The van der Waals surface area contributed by atoms with Crippen LogP contribution in [0.3, 0.4) is 0 Å². The molecule has 0 radical (unpaired) electrons. The van der Waals surface area contributed by atoms with Crippen molar-refractivity contribution < 1.29 is 0 Å². The first-order valence-corrected chi connectivity index (χ1v) is 8.53. The number of benzene rings is 1. The molecule has 0 unspecified atom stereocenters. The highest BCUT2D eigenvalue weighted by Crippen LogP contribution is 2.26. The molecule has 1 N–H and O–H groups in total. The normalized spacial score (nSPS) is 14.4. The lowest BCUT2D eigenvalue weighted by Crippen LogP contribution is -2.16. The molecule has 0 atom stereocenters. The number of nitrogens with one attached hydrogen (secondary N) is 1. The van der Waals surface area contributed by atoms with Gasteiger partial charge in [-0.1, -0.05) is 12.1 Å². The summed E-state index contributed by atoms with van der Waals surface area (Å²) >= 11 is 1.94. The SMILES string of the molecule is Cc1cccc(N(C)Cc2cc(CNC3CC3)sc2C)c1. The summed E-state index contributed by atoms with van der Waals surface area (Å²) in [5.74, 6) is 0. The lowest BCUT2D eigenvalue weighted by atomic mass is 10.2. The summed E-state index contributed by atoms with van der Waals surface area (Å²) < 4.78 is 0. The number of rotatable bonds is 6. The second-order valence-corrected chi connectivity index (χ2v) is 7.49. The number of thiophene rings is 1. The zero-order valence-corrected chi connectivity index (χ0v) is 14.0. The van der Waals surface area contributed by atoms with Crippen molar-refractivity contribution in [1.29, 1.82) is 0 Å². The van der Waals surface area contributed by atoms with Crippen molar-refractivity contribution in [2.75, 3.05) is 11.9 Å². The second-order valence-electron chi connectivity index (χ2n) is 6.14. The Morgan fingerprint density at radius 1 is 1.24 bits per heavy atom. The van der Waals surface area contributed by atoms with E-state index >= 15 is 0 Å². The molecule has 0 saturated heterocycles. The Kier molecular flexibility index (Phi) is 4.32. The molecule has 1 aromatic heterocycles. The topological polar surface area (TPSA) is 15.3 Å². The molecule has 3 heteroatoms. The van der Waals surface area contributed by atoms with E-state index in [0.717, 1.165) is 19.1 Å². The Morgan fingerprint density at radius 3 is 2.76 bits per heavy atom. The van der Waals surface area contributed by atoms with Gasteiger partial charge in [0.05, 0.1) is 0 Å². The van der Waals surface area contributed by atoms with Gasteiger partial charge < -0.3 is 10.2 Å². The Hall–Kier alpha value is -1.32. The van der Waals surface area contributed by atoms with E-state index in [1.165, 1.54) is 39.4 Å². The molecule has 1 aliphatic rings. The van der Waals surface area contributed by atoms with Crippen LogP contribution in [0.15, 0.2) is 30.3 Å². The molecule has 21 heavy (non-hydrogen) atoms. The average Bonchev–Trinajstić information content (AvgIpc) is 3.22. The standard InChI is InChI=1S/C18H24N2S/c1-13-5-4-6-17(9-13)20(3)12-15-10-18(21-14(15)2)11-19-16-7-8-16/h4-6,9-10,16,19H,7-8,11-12H2,1-3H3. The minimum absolute atomic E-state index is 0.783. The molecule has 0 bridgehead atoms. The molecule has 2 nitrogen and oxygen atoms in total. The second kappa shape index (κ2) is 6.20. The minimum Gasteiger partial charge on any atom is -0.370 e. The predicted octanol–water partition coefficient (Wildman–Crippen LogP) is 4.25. The van der Waals surface area contributed by atoms with Crippen molar-refractivity contribution in [3.05, 3.63) is 51.2 Å². The number of aryl methyl sites for hydroxylation is 2. The lowest BCUT2D eigenvalue weighted by molar-refractivity contribution is 0.695. The summed E-state index contributed by atoms with van der Waals surface area (Å²) in [6, 6.07) is 11.9. The van der Waals surface area contributed by atoms with Crippen LogP contribution in [0.5, 0.6) is 0 Å². The average molecular weight is 300 g/mol. The Morgan fingerprint density at radius 2 is 2.05 bits per heavy atom. The van der Waals surface area contributed by atoms with Gasteiger partial charge in [0.25, 0.3) is 0 Å². The Bertz CT molecular complexity index is 613.